The number of rotatable bonds is 6. The maximum atomic E-state index is 12.1. The van der Waals surface area contributed by atoms with Crippen molar-refractivity contribution < 1.29 is 9.59 Å². The van der Waals surface area contributed by atoms with Gasteiger partial charge in [-0.15, -0.1) is 5.10 Å². The molecule has 0 aromatic heterocycles. The number of hydrogen-bond acceptors (Lipinski definition) is 5. The summed E-state index contributed by atoms with van der Waals surface area (Å²) < 4.78 is 0. The summed E-state index contributed by atoms with van der Waals surface area (Å²) in [7, 11) is 0. The van der Waals surface area contributed by atoms with Crippen LogP contribution in [0.1, 0.15) is 12.0 Å². The first kappa shape index (κ1) is 19.9. The number of benzene rings is 2. The first-order valence-electron chi connectivity index (χ1n) is 8.46. The Morgan fingerprint density at radius 3 is 2.68 bits per heavy atom. The van der Waals surface area contributed by atoms with Crippen molar-refractivity contribution in [2.75, 3.05) is 5.32 Å². The molecule has 3 rings (SSSR count). The van der Waals surface area contributed by atoms with Gasteiger partial charge in [0, 0.05) is 23.3 Å². The zero-order valence-corrected chi connectivity index (χ0v) is 16.3. The molecule has 0 saturated carbocycles. The number of carbonyl (C=O) groups excluding carboxylic acids is 2. The van der Waals surface area contributed by atoms with Crippen LogP contribution in [0.4, 0.5) is 5.69 Å². The van der Waals surface area contributed by atoms with Gasteiger partial charge >= 0.3 is 0 Å². The third kappa shape index (κ3) is 6.07. The fraction of sp³-hybridized carbons (Fsp3) is 0.100. The molecule has 1 aliphatic rings. The van der Waals surface area contributed by atoms with Gasteiger partial charge in [0.05, 0.1) is 0 Å². The summed E-state index contributed by atoms with van der Waals surface area (Å²) in [6, 6.07) is 16.6. The highest BCUT2D eigenvalue weighted by Crippen LogP contribution is 2.23. The lowest BCUT2D eigenvalue weighted by atomic mass is 10.2. The Bertz CT molecular complexity index is 927. The topological polar surface area (TPSA) is 82.9 Å². The molecule has 8 heteroatoms. The van der Waals surface area contributed by atoms with Gasteiger partial charge in [0.2, 0.25) is 11.8 Å². The van der Waals surface area contributed by atoms with Gasteiger partial charge in [-0.3, -0.25) is 9.59 Å². The van der Waals surface area contributed by atoms with Crippen molar-refractivity contribution in [1.82, 2.24) is 5.32 Å². The van der Waals surface area contributed by atoms with Crippen molar-refractivity contribution in [3.63, 3.8) is 0 Å². The molecular weight excluding hydrogens is 396 g/mol. The molecule has 0 radical (unpaired) electrons. The van der Waals surface area contributed by atoms with E-state index in [-0.39, 0.29) is 18.2 Å². The van der Waals surface area contributed by atoms with E-state index in [1.807, 2.05) is 36.4 Å². The van der Waals surface area contributed by atoms with E-state index in [1.54, 1.807) is 30.3 Å². The Kier molecular flexibility index (Phi) is 7.00. The lowest BCUT2D eigenvalue weighted by Gasteiger charge is -2.07. The largest absolute Gasteiger partial charge is 0.326 e. The molecule has 0 aliphatic carbocycles. The molecule has 2 aromatic rings. The van der Waals surface area contributed by atoms with Gasteiger partial charge in [-0.1, -0.05) is 59.8 Å². The van der Waals surface area contributed by atoms with E-state index in [9.17, 15) is 9.59 Å². The van der Waals surface area contributed by atoms with E-state index >= 15 is 0 Å². The number of allylic oxidation sites excluding steroid dienone is 1. The summed E-state index contributed by atoms with van der Waals surface area (Å²) in [5.74, 6) is -0.518. The average molecular weight is 413 g/mol. The van der Waals surface area contributed by atoms with Crippen molar-refractivity contribution in [2.24, 2.45) is 10.2 Å². The number of nitrogens with zero attached hydrogens (tertiary/aromatic N) is 2. The maximum Gasteiger partial charge on any atom is 0.240 e. The van der Waals surface area contributed by atoms with Crippen molar-refractivity contribution in [2.45, 2.75) is 11.7 Å². The monoisotopic (exact) mass is 412 g/mol. The van der Waals surface area contributed by atoms with Crippen LogP contribution in [0.5, 0.6) is 0 Å². The number of thioether (sulfide) groups is 1. The summed E-state index contributed by atoms with van der Waals surface area (Å²) in [4.78, 5) is 24.1. The van der Waals surface area contributed by atoms with Gasteiger partial charge in [-0.25, -0.2) is 0 Å². The fourth-order valence-corrected chi connectivity index (χ4v) is 3.39. The third-order valence-electron chi connectivity index (χ3n) is 3.66. The molecule has 1 atom stereocenters. The van der Waals surface area contributed by atoms with E-state index in [4.69, 9.17) is 11.6 Å². The standard InChI is InChI=1S/C20H17ClN4O2S/c21-15-8-10-16(11-9-15)23-18(26)13-17-19(27)24-20(28-17)25-22-12-4-7-14-5-2-1-3-6-14/h1-12,17H,13H2,(H,23,26)(H,24,25,27)/b7-4+,22-12+. The van der Waals surface area contributed by atoms with Gasteiger partial charge < -0.3 is 10.6 Å². The average Bonchev–Trinajstić information content (AvgIpc) is 3.03. The third-order valence-corrected chi connectivity index (χ3v) is 4.99. The number of amides is 2. The summed E-state index contributed by atoms with van der Waals surface area (Å²) in [6.45, 7) is 0. The number of nitrogens with one attached hydrogen (secondary N) is 2. The number of hydrogen-bond donors (Lipinski definition) is 2. The Labute approximate surface area is 171 Å². The van der Waals surface area contributed by atoms with Crippen LogP contribution in [0.2, 0.25) is 5.02 Å². The summed E-state index contributed by atoms with van der Waals surface area (Å²) >= 11 is 7.00. The molecule has 28 heavy (non-hydrogen) atoms. The highest BCUT2D eigenvalue weighted by molar-refractivity contribution is 8.15. The second kappa shape index (κ2) is 9.87. The molecule has 6 nitrogen and oxygen atoms in total. The van der Waals surface area contributed by atoms with Gasteiger partial charge in [-0.2, -0.15) is 5.10 Å². The minimum Gasteiger partial charge on any atom is -0.326 e. The van der Waals surface area contributed by atoms with Crippen molar-refractivity contribution in [3.8, 4) is 0 Å². The van der Waals surface area contributed by atoms with Crippen molar-refractivity contribution in [1.29, 1.82) is 0 Å². The number of amidine groups is 1. The van der Waals surface area contributed by atoms with E-state index in [0.717, 1.165) is 5.56 Å². The number of halogens is 1. The Morgan fingerprint density at radius 1 is 1.18 bits per heavy atom. The summed E-state index contributed by atoms with van der Waals surface area (Å²) in [6.07, 6.45) is 5.23. The van der Waals surface area contributed by atoms with Crippen LogP contribution in [0, 0.1) is 0 Å². The van der Waals surface area contributed by atoms with Gasteiger partial charge in [-0.05, 0) is 35.9 Å². The number of carbonyl (C=O) groups is 2. The van der Waals surface area contributed by atoms with Crippen molar-refractivity contribution in [3.05, 3.63) is 71.3 Å². The first-order chi connectivity index (χ1) is 13.6. The summed E-state index contributed by atoms with van der Waals surface area (Å²) in [5.41, 5.74) is 1.68. The lowest BCUT2D eigenvalue weighted by molar-refractivity contribution is -0.122. The molecule has 142 valence electrons. The van der Waals surface area contributed by atoms with Gasteiger partial charge in [0.15, 0.2) is 5.17 Å². The van der Waals surface area contributed by atoms with Gasteiger partial charge in [0.1, 0.15) is 5.25 Å². The SMILES string of the molecule is O=C(CC1S\C(=N/N=C/C=C/c2ccccc2)NC1=O)Nc1ccc(Cl)cc1. The van der Waals surface area contributed by atoms with Gasteiger partial charge in [0.25, 0.3) is 0 Å². The molecule has 1 heterocycles. The number of anilines is 1. The quantitative estimate of drug-likeness (QED) is 0.556. The molecule has 1 aliphatic heterocycles. The van der Waals surface area contributed by atoms with Crippen LogP contribution in [0.15, 0.2) is 70.9 Å². The molecule has 2 aromatic carbocycles. The molecule has 0 spiro atoms. The Morgan fingerprint density at radius 2 is 1.93 bits per heavy atom. The van der Waals surface area contributed by atoms with Crippen LogP contribution in [0.3, 0.4) is 0 Å². The molecule has 2 amide bonds. The second-order valence-corrected chi connectivity index (χ2v) is 7.42. The first-order valence-corrected chi connectivity index (χ1v) is 9.71. The van der Waals surface area contributed by atoms with Crippen LogP contribution in [0.25, 0.3) is 6.08 Å². The van der Waals surface area contributed by atoms with E-state index in [0.29, 0.717) is 15.9 Å². The molecule has 2 N–H and O–H groups in total. The summed E-state index contributed by atoms with van der Waals surface area (Å²) in [5, 5.41) is 13.7. The Balaban J connectivity index is 1.49. The van der Waals surface area contributed by atoms with Crippen molar-refractivity contribution >= 4 is 58.3 Å². The van der Waals surface area contributed by atoms with E-state index in [1.165, 1.54) is 18.0 Å². The second-order valence-electron chi connectivity index (χ2n) is 5.79. The molecule has 1 saturated heterocycles. The van der Waals surface area contributed by atoms with Crippen LogP contribution in [-0.4, -0.2) is 28.4 Å². The van der Waals surface area contributed by atoms with Crippen LogP contribution in [-0.2, 0) is 9.59 Å². The lowest BCUT2D eigenvalue weighted by Crippen LogP contribution is -2.28. The van der Waals surface area contributed by atoms with Crippen LogP contribution >= 0.6 is 23.4 Å². The highest BCUT2D eigenvalue weighted by atomic mass is 35.5. The maximum absolute atomic E-state index is 12.1. The smallest absolute Gasteiger partial charge is 0.240 e. The zero-order valence-electron chi connectivity index (χ0n) is 14.7. The predicted molar refractivity (Wildman–Crippen MR) is 116 cm³/mol. The van der Waals surface area contributed by atoms with E-state index < -0.39 is 5.25 Å². The Hall–Kier alpha value is -2.90. The molecular formula is C20H17ClN4O2S. The predicted octanol–water partition coefficient (Wildman–Crippen LogP) is 3.96. The zero-order chi connectivity index (χ0) is 19.8. The fourth-order valence-electron chi connectivity index (χ4n) is 2.34. The molecule has 1 fully saturated rings. The van der Waals surface area contributed by atoms with E-state index in [2.05, 4.69) is 20.8 Å². The minimum atomic E-state index is -0.541. The normalized spacial score (nSPS) is 18.1. The minimum absolute atomic E-state index is 0.0375. The van der Waals surface area contributed by atoms with Crippen LogP contribution < -0.4 is 10.6 Å². The molecule has 0 bridgehead atoms. The highest BCUT2D eigenvalue weighted by Gasteiger charge is 2.32. The molecule has 1 unspecified atom stereocenters.